The minimum absolute atomic E-state index is 0.319. The highest BCUT2D eigenvalue weighted by Gasteiger charge is 2.08. The summed E-state index contributed by atoms with van der Waals surface area (Å²) in [5, 5.41) is 11.5. The van der Waals surface area contributed by atoms with Crippen molar-refractivity contribution in [2.75, 3.05) is 32.8 Å². The molecule has 2 rings (SSSR count). The highest BCUT2D eigenvalue weighted by atomic mass is 16.3. The van der Waals surface area contributed by atoms with Crippen LogP contribution in [-0.4, -0.2) is 42.8 Å². The second-order valence-electron chi connectivity index (χ2n) is 3.96. The van der Waals surface area contributed by atoms with Crippen LogP contribution in [0.5, 0.6) is 0 Å². The number of allylic oxidation sites excluding steroid dienone is 2. The average molecular weight is 210 g/mol. The SMILES string of the molecule is CC1=CCNC=C1.OCCN1CCCC1. The number of aliphatic hydroxyl groups excluding tert-OH is 1. The van der Waals surface area contributed by atoms with Gasteiger partial charge in [-0.2, -0.15) is 0 Å². The van der Waals surface area contributed by atoms with Crippen LogP contribution >= 0.6 is 0 Å². The quantitative estimate of drug-likeness (QED) is 0.717. The van der Waals surface area contributed by atoms with E-state index in [1.54, 1.807) is 0 Å². The Morgan fingerprint density at radius 1 is 1.40 bits per heavy atom. The molecule has 0 amide bonds. The number of nitrogens with zero attached hydrogens (tertiary/aromatic N) is 1. The molecule has 0 aromatic rings. The van der Waals surface area contributed by atoms with Crippen LogP contribution in [0.1, 0.15) is 19.8 Å². The smallest absolute Gasteiger partial charge is 0.0558 e. The van der Waals surface area contributed by atoms with E-state index in [0.717, 1.165) is 13.1 Å². The molecule has 1 saturated heterocycles. The zero-order valence-electron chi connectivity index (χ0n) is 9.58. The molecule has 2 heterocycles. The lowest BCUT2D eigenvalue weighted by Crippen LogP contribution is -2.22. The van der Waals surface area contributed by atoms with Crippen molar-refractivity contribution in [2.45, 2.75) is 19.8 Å². The number of aliphatic hydroxyl groups is 1. The fourth-order valence-corrected chi connectivity index (χ4v) is 1.69. The van der Waals surface area contributed by atoms with Crippen molar-refractivity contribution in [1.82, 2.24) is 10.2 Å². The molecular weight excluding hydrogens is 188 g/mol. The second kappa shape index (κ2) is 7.49. The maximum absolute atomic E-state index is 8.48. The molecular formula is C12H22N2O. The van der Waals surface area contributed by atoms with Crippen LogP contribution in [0.4, 0.5) is 0 Å². The van der Waals surface area contributed by atoms with Gasteiger partial charge in [-0.1, -0.05) is 11.6 Å². The Hall–Kier alpha value is -0.800. The molecule has 0 radical (unpaired) electrons. The van der Waals surface area contributed by atoms with Gasteiger partial charge in [-0.3, -0.25) is 0 Å². The van der Waals surface area contributed by atoms with E-state index in [9.17, 15) is 0 Å². The lowest BCUT2D eigenvalue weighted by molar-refractivity contribution is 0.221. The van der Waals surface area contributed by atoms with Crippen molar-refractivity contribution in [3.8, 4) is 0 Å². The molecule has 0 aromatic heterocycles. The fourth-order valence-electron chi connectivity index (χ4n) is 1.69. The monoisotopic (exact) mass is 210 g/mol. The highest BCUT2D eigenvalue weighted by Crippen LogP contribution is 2.05. The van der Waals surface area contributed by atoms with Crippen molar-refractivity contribution in [3.63, 3.8) is 0 Å². The second-order valence-corrected chi connectivity index (χ2v) is 3.96. The molecule has 86 valence electrons. The van der Waals surface area contributed by atoms with E-state index in [1.165, 1.54) is 31.5 Å². The molecule has 0 spiro atoms. The third-order valence-corrected chi connectivity index (χ3v) is 2.62. The minimum Gasteiger partial charge on any atom is -0.395 e. The van der Waals surface area contributed by atoms with E-state index in [1.807, 2.05) is 6.20 Å². The molecule has 0 aromatic carbocycles. The van der Waals surface area contributed by atoms with Gasteiger partial charge in [0.25, 0.3) is 0 Å². The summed E-state index contributed by atoms with van der Waals surface area (Å²) in [6, 6.07) is 0. The highest BCUT2D eigenvalue weighted by molar-refractivity contribution is 5.19. The van der Waals surface area contributed by atoms with Gasteiger partial charge in [-0.25, -0.2) is 0 Å². The summed E-state index contributed by atoms with van der Waals surface area (Å²) < 4.78 is 0. The first-order chi connectivity index (χ1) is 7.33. The molecule has 2 N–H and O–H groups in total. The van der Waals surface area contributed by atoms with E-state index >= 15 is 0 Å². The standard InChI is InChI=1S/C6H13NO.C6H9N/c8-6-5-7-3-1-2-4-7;1-6-2-4-7-5-3-6/h8H,1-6H2;2-4,7H,5H2,1H3. The molecule has 3 heteroatoms. The van der Waals surface area contributed by atoms with Gasteiger partial charge in [0.05, 0.1) is 6.61 Å². The summed E-state index contributed by atoms with van der Waals surface area (Å²) in [5.41, 5.74) is 1.35. The van der Waals surface area contributed by atoms with Crippen molar-refractivity contribution in [1.29, 1.82) is 0 Å². The summed E-state index contributed by atoms with van der Waals surface area (Å²) in [7, 11) is 0. The van der Waals surface area contributed by atoms with E-state index < -0.39 is 0 Å². The number of likely N-dealkylation sites (tertiary alicyclic amines) is 1. The molecule has 15 heavy (non-hydrogen) atoms. The van der Waals surface area contributed by atoms with Gasteiger partial charge in [0, 0.05) is 13.1 Å². The molecule has 0 saturated carbocycles. The summed E-state index contributed by atoms with van der Waals surface area (Å²) in [4.78, 5) is 2.29. The Kier molecular flexibility index (Phi) is 6.12. The molecule has 0 aliphatic carbocycles. The molecule has 3 nitrogen and oxygen atoms in total. The van der Waals surface area contributed by atoms with Gasteiger partial charge in [-0.15, -0.1) is 0 Å². The number of hydrogen-bond donors (Lipinski definition) is 2. The number of dihydropyridines is 1. The van der Waals surface area contributed by atoms with Gasteiger partial charge >= 0.3 is 0 Å². The first-order valence-corrected chi connectivity index (χ1v) is 5.73. The zero-order valence-corrected chi connectivity index (χ0v) is 9.58. The van der Waals surface area contributed by atoms with Crippen molar-refractivity contribution in [2.24, 2.45) is 0 Å². The Labute approximate surface area is 92.5 Å². The molecule has 2 aliphatic heterocycles. The topological polar surface area (TPSA) is 35.5 Å². The van der Waals surface area contributed by atoms with Crippen LogP contribution in [0.15, 0.2) is 23.9 Å². The predicted octanol–water partition coefficient (Wildman–Crippen LogP) is 1.12. The summed E-state index contributed by atoms with van der Waals surface area (Å²) >= 11 is 0. The minimum atomic E-state index is 0.319. The summed E-state index contributed by atoms with van der Waals surface area (Å²) in [6.45, 7) is 6.67. The average Bonchev–Trinajstić information content (AvgIpc) is 2.73. The first kappa shape index (κ1) is 12.3. The van der Waals surface area contributed by atoms with Gasteiger partial charge in [0.15, 0.2) is 0 Å². The van der Waals surface area contributed by atoms with Crippen molar-refractivity contribution in [3.05, 3.63) is 23.9 Å². The van der Waals surface area contributed by atoms with Crippen LogP contribution in [0.2, 0.25) is 0 Å². The number of β-amino-alcohol motifs (C(OH)–C–C–N with tert-alkyl or cyclic N) is 1. The third kappa shape index (κ3) is 5.60. The van der Waals surface area contributed by atoms with Gasteiger partial charge in [-0.05, 0) is 45.1 Å². The largest absolute Gasteiger partial charge is 0.395 e. The fraction of sp³-hybridized carbons (Fsp3) is 0.667. The Balaban J connectivity index is 0.000000151. The maximum Gasteiger partial charge on any atom is 0.0558 e. The maximum atomic E-state index is 8.48. The first-order valence-electron chi connectivity index (χ1n) is 5.73. The van der Waals surface area contributed by atoms with E-state index in [-0.39, 0.29) is 0 Å². The van der Waals surface area contributed by atoms with Gasteiger partial charge in [0.2, 0.25) is 0 Å². The molecule has 0 unspecified atom stereocenters. The zero-order chi connectivity index (χ0) is 10.9. The van der Waals surface area contributed by atoms with Crippen molar-refractivity contribution < 1.29 is 5.11 Å². The Bertz CT molecular complexity index is 218. The lowest BCUT2D eigenvalue weighted by atomic mass is 10.2. The number of hydrogen-bond acceptors (Lipinski definition) is 3. The van der Waals surface area contributed by atoms with Crippen molar-refractivity contribution >= 4 is 0 Å². The molecule has 1 fully saturated rings. The van der Waals surface area contributed by atoms with E-state index in [0.29, 0.717) is 6.61 Å². The Morgan fingerprint density at radius 2 is 2.13 bits per heavy atom. The van der Waals surface area contributed by atoms with Gasteiger partial charge in [0.1, 0.15) is 0 Å². The van der Waals surface area contributed by atoms with Crippen LogP contribution < -0.4 is 5.32 Å². The van der Waals surface area contributed by atoms with Crippen LogP contribution in [0.25, 0.3) is 0 Å². The van der Waals surface area contributed by atoms with Crippen LogP contribution in [0, 0.1) is 0 Å². The number of nitrogens with one attached hydrogen (secondary N) is 1. The molecule has 0 atom stereocenters. The molecule has 2 aliphatic rings. The molecule has 0 bridgehead atoms. The normalized spacial score (nSPS) is 20.3. The lowest BCUT2D eigenvalue weighted by Gasteiger charge is -2.10. The summed E-state index contributed by atoms with van der Waals surface area (Å²) in [6.07, 6.45) is 8.82. The number of rotatable bonds is 2. The summed E-state index contributed by atoms with van der Waals surface area (Å²) in [5.74, 6) is 0. The van der Waals surface area contributed by atoms with E-state index in [2.05, 4.69) is 29.3 Å². The van der Waals surface area contributed by atoms with Crippen LogP contribution in [-0.2, 0) is 0 Å². The van der Waals surface area contributed by atoms with Gasteiger partial charge < -0.3 is 15.3 Å². The van der Waals surface area contributed by atoms with Crippen LogP contribution in [0.3, 0.4) is 0 Å². The Morgan fingerprint density at radius 3 is 2.53 bits per heavy atom. The third-order valence-electron chi connectivity index (χ3n) is 2.62. The van der Waals surface area contributed by atoms with E-state index in [4.69, 9.17) is 5.11 Å². The predicted molar refractivity (Wildman–Crippen MR) is 63.7 cm³/mol.